The molecule has 33 heavy (non-hydrogen) atoms. The van der Waals surface area contributed by atoms with Crippen molar-refractivity contribution >= 4 is 22.6 Å². The highest BCUT2D eigenvalue weighted by Crippen LogP contribution is 2.28. The number of nitrogens with zero attached hydrogens (tertiary/aromatic N) is 3. The highest BCUT2D eigenvalue weighted by Gasteiger charge is 2.24. The van der Waals surface area contributed by atoms with Crippen LogP contribution in [0.25, 0.3) is 0 Å². The van der Waals surface area contributed by atoms with Crippen molar-refractivity contribution in [2.45, 2.75) is 42.2 Å². The van der Waals surface area contributed by atoms with Crippen molar-refractivity contribution in [2.24, 2.45) is 0 Å². The lowest BCUT2D eigenvalue weighted by atomic mass is 9.85. The standard InChI is InChI=1S/C28H25IN4/c1-20(33-28(13-14-30)25-11-9-23(18-31)10-12-25)27(26-4-2-3-24(15-26)19-32)16-21-5-7-22(17-29)8-6-21/h2-12,15,20,27-28,33H,13,16-17H2,1H3/t20-,27+,28?/m0/s1. The maximum Gasteiger partial charge on any atom is 0.0991 e. The van der Waals surface area contributed by atoms with Crippen LogP contribution >= 0.6 is 22.6 Å². The van der Waals surface area contributed by atoms with E-state index in [0.29, 0.717) is 17.5 Å². The van der Waals surface area contributed by atoms with E-state index >= 15 is 0 Å². The lowest BCUT2D eigenvalue weighted by molar-refractivity contribution is 0.401. The van der Waals surface area contributed by atoms with E-state index in [1.165, 1.54) is 11.1 Å². The van der Waals surface area contributed by atoms with Crippen LogP contribution in [0.4, 0.5) is 0 Å². The zero-order valence-electron chi connectivity index (χ0n) is 18.5. The van der Waals surface area contributed by atoms with Crippen LogP contribution in [0.5, 0.6) is 0 Å². The second kappa shape index (κ2) is 12.2. The third-order valence-electron chi connectivity index (χ3n) is 5.88. The van der Waals surface area contributed by atoms with E-state index in [1.54, 1.807) is 12.1 Å². The van der Waals surface area contributed by atoms with Gasteiger partial charge in [-0.25, -0.2) is 0 Å². The van der Waals surface area contributed by atoms with Gasteiger partial charge in [-0.1, -0.05) is 71.1 Å². The van der Waals surface area contributed by atoms with Crippen molar-refractivity contribution in [3.05, 3.63) is 106 Å². The quantitative estimate of drug-likeness (QED) is 0.252. The fraction of sp³-hybridized carbons (Fsp3) is 0.250. The number of alkyl halides is 1. The SMILES string of the molecule is C[C@H](NC(CC#N)c1ccc(C#N)cc1)[C@@H](Cc1ccc(CI)cc1)c1cccc(C#N)c1. The molecule has 5 heteroatoms. The summed E-state index contributed by atoms with van der Waals surface area (Å²) in [6, 6.07) is 30.4. The van der Waals surface area contributed by atoms with Crippen LogP contribution in [0.3, 0.4) is 0 Å². The van der Waals surface area contributed by atoms with E-state index in [1.807, 2.05) is 30.3 Å². The molecule has 3 aromatic carbocycles. The summed E-state index contributed by atoms with van der Waals surface area (Å²) in [6.07, 6.45) is 1.14. The van der Waals surface area contributed by atoms with Crippen molar-refractivity contribution in [1.29, 1.82) is 15.8 Å². The van der Waals surface area contributed by atoms with Crippen molar-refractivity contribution in [2.75, 3.05) is 0 Å². The van der Waals surface area contributed by atoms with Gasteiger partial charge >= 0.3 is 0 Å². The van der Waals surface area contributed by atoms with Gasteiger partial charge < -0.3 is 5.32 Å². The van der Waals surface area contributed by atoms with E-state index in [9.17, 15) is 10.5 Å². The molecule has 0 spiro atoms. The van der Waals surface area contributed by atoms with Gasteiger partial charge in [0.25, 0.3) is 0 Å². The number of hydrogen-bond acceptors (Lipinski definition) is 4. The van der Waals surface area contributed by atoms with Crippen molar-refractivity contribution in [3.8, 4) is 18.2 Å². The Bertz CT molecular complexity index is 1180. The molecule has 0 amide bonds. The molecular formula is C28H25IN4. The van der Waals surface area contributed by atoms with Gasteiger partial charge in [0.05, 0.1) is 35.8 Å². The summed E-state index contributed by atoms with van der Waals surface area (Å²) >= 11 is 2.36. The summed E-state index contributed by atoms with van der Waals surface area (Å²) in [7, 11) is 0. The van der Waals surface area contributed by atoms with Gasteiger partial charge in [0.1, 0.15) is 0 Å². The van der Waals surface area contributed by atoms with Gasteiger partial charge in [-0.2, -0.15) is 15.8 Å². The molecule has 0 fully saturated rings. The van der Waals surface area contributed by atoms with Crippen LogP contribution in [0.2, 0.25) is 0 Å². The van der Waals surface area contributed by atoms with Crippen LogP contribution in [-0.4, -0.2) is 6.04 Å². The van der Waals surface area contributed by atoms with E-state index in [0.717, 1.165) is 22.0 Å². The molecule has 0 bridgehead atoms. The second-order valence-corrected chi connectivity index (χ2v) is 8.86. The molecule has 0 aliphatic heterocycles. The number of nitrogens with one attached hydrogen (secondary N) is 1. The van der Waals surface area contributed by atoms with Gasteiger partial charge in [-0.3, -0.25) is 0 Å². The Morgan fingerprint density at radius 2 is 1.48 bits per heavy atom. The van der Waals surface area contributed by atoms with Gasteiger partial charge in [0.15, 0.2) is 0 Å². The monoisotopic (exact) mass is 544 g/mol. The van der Waals surface area contributed by atoms with Gasteiger partial charge in [-0.15, -0.1) is 0 Å². The second-order valence-electron chi connectivity index (χ2n) is 8.10. The lowest BCUT2D eigenvalue weighted by Gasteiger charge is -2.30. The van der Waals surface area contributed by atoms with E-state index in [4.69, 9.17) is 5.26 Å². The maximum absolute atomic E-state index is 9.44. The molecule has 0 aromatic heterocycles. The number of nitriles is 3. The third-order valence-corrected chi connectivity index (χ3v) is 6.76. The molecular weight excluding hydrogens is 519 g/mol. The first kappa shape index (κ1) is 24.5. The molecule has 0 aliphatic carbocycles. The van der Waals surface area contributed by atoms with Gasteiger partial charge in [0, 0.05) is 22.4 Å². The summed E-state index contributed by atoms with van der Waals surface area (Å²) in [5.74, 6) is 0.114. The van der Waals surface area contributed by atoms with Gasteiger partial charge in [0.2, 0.25) is 0 Å². The van der Waals surface area contributed by atoms with Crippen LogP contribution in [0.15, 0.2) is 72.8 Å². The smallest absolute Gasteiger partial charge is 0.0991 e. The van der Waals surface area contributed by atoms with Gasteiger partial charge in [-0.05, 0) is 59.9 Å². The molecule has 0 saturated heterocycles. The van der Waals surface area contributed by atoms with Crippen LogP contribution in [0.1, 0.15) is 58.7 Å². The maximum atomic E-state index is 9.44. The van der Waals surface area contributed by atoms with Crippen molar-refractivity contribution in [3.63, 3.8) is 0 Å². The Morgan fingerprint density at radius 3 is 2.09 bits per heavy atom. The fourth-order valence-electron chi connectivity index (χ4n) is 4.03. The first-order valence-corrected chi connectivity index (χ1v) is 12.4. The van der Waals surface area contributed by atoms with E-state index in [2.05, 4.69) is 83.4 Å². The summed E-state index contributed by atoms with van der Waals surface area (Å²) < 4.78 is 0.976. The molecule has 4 nitrogen and oxygen atoms in total. The number of hydrogen-bond donors (Lipinski definition) is 1. The van der Waals surface area contributed by atoms with Crippen LogP contribution < -0.4 is 5.32 Å². The van der Waals surface area contributed by atoms with E-state index < -0.39 is 0 Å². The van der Waals surface area contributed by atoms with Crippen molar-refractivity contribution in [1.82, 2.24) is 5.32 Å². The van der Waals surface area contributed by atoms with Crippen LogP contribution in [0, 0.1) is 34.0 Å². The van der Waals surface area contributed by atoms with Crippen molar-refractivity contribution < 1.29 is 0 Å². The minimum atomic E-state index is -0.152. The molecule has 1 unspecified atom stereocenters. The van der Waals surface area contributed by atoms with E-state index in [-0.39, 0.29) is 18.0 Å². The zero-order chi connectivity index (χ0) is 23.6. The molecule has 0 aliphatic rings. The Kier molecular flexibility index (Phi) is 9.02. The normalized spacial score (nSPS) is 13.2. The largest absolute Gasteiger partial charge is 0.306 e. The predicted octanol–water partition coefficient (Wildman–Crippen LogP) is 6.32. The lowest BCUT2D eigenvalue weighted by Crippen LogP contribution is -2.36. The Labute approximate surface area is 209 Å². The van der Waals surface area contributed by atoms with Crippen LogP contribution in [-0.2, 0) is 10.8 Å². The molecule has 0 heterocycles. The topological polar surface area (TPSA) is 83.4 Å². The molecule has 0 saturated carbocycles. The Hall–Kier alpha value is -3.18. The minimum absolute atomic E-state index is 0.0391. The minimum Gasteiger partial charge on any atom is -0.306 e. The fourth-order valence-corrected chi connectivity index (χ4v) is 4.54. The number of benzene rings is 3. The summed E-state index contributed by atoms with van der Waals surface area (Å²) in [5, 5.41) is 31.6. The number of halogens is 1. The Morgan fingerprint density at radius 1 is 0.818 bits per heavy atom. The summed E-state index contributed by atoms with van der Waals surface area (Å²) in [5.41, 5.74) is 5.86. The molecule has 0 radical (unpaired) electrons. The number of rotatable bonds is 9. The molecule has 3 atom stereocenters. The zero-order valence-corrected chi connectivity index (χ0v) is 20.7. The first-order valence-electron chi connectivity index (χ1n) is 10.8. The average Bonchev–Trinajstić information content (AvgIpc) is 2.87. The molecule has 3 aromatic rings. The summed E-state index contributed by atoms with van der Waals surface area (Å²) in [4.78, 5) is 0. The molecule has 164 valence electrons. The third kappa shape index (κ3) is 6.65. The highest BCUT2D eigenvalue weighted by molar-refractivity contribution is 14.1. The predicted molar refractivity (Wildman–Crippen MR) is 138 cm³/mol. The highest BCUT2D eigenvalue weighted by atomic mass is 127. The average molecular weight is 544 g/mol. The Balaban J connectivity index is 1.90. The summed E-state index contributed by atoms with van der Waals surface area (Å²) in [6.45, 7) is 2.14. The molecule has 3 rings (SSSR count). The first-order chi connectivity index (χ1) is 16.1. The molecule has 1 N–H and O–H groups in total.